The maximum absolute atomic E-state index is 13.7. The second kappa shape index (κ2) is 10.3. The molecule has 6 rings (SSSR count). The lowest BCUT2D eigenvalue weighted by Crippen LogP contribution is -1.92. The molecule has 0 aromatic heterocycles. The van der Waals surface area contributed by atoms with E-state index in [2.05, 4.69) is 72.8 Å². The fourth-order valence-electron chi connectivity index (χ4n) is 5.10. The van der Waals surface area contributed by atoms with Crippen LogP contribution in [-0.2, 0) is 0 Å². The number of rotatable bonds is 5. The topological polar surface area (TPSA) is 0 Å². The summed E-state index contributed by atoms with van der Waals surface area (Å²) in [4.78, 5) is 0. The Hall–Kier alpha value is -4.82. The fraction of sp³-hybridized carbons (Fsp3) is 0. The Morgan fingerprint density at radius 1 is 0.237 bits per heavy atom. The van der Waals surface area contributed by atoms with Gasteiger partial charge in [0.1, 0.15) is 11.6 Å². The van der Waals surface area contributed by atoms with Crippen LogP contribution in [-0.4, -0.2) is 0 Å². The lowest BCUT2D eigenvalue weighted by Gasteiger charge is -2.18. The molecule has 0 bridgehead atoms. The minimum Gasteiger partial charge on any atom is -0.207 e. The van der Waals surface area contributed by atoms with Crippen LogP contribution in [0, 0.1) is 11.6 Å². The highest BCUT2D eigenvalue weighted by Gasteiger charge is 2.17. The first-order chi connectivity index (χ1) is 18.7. The van der Waals surface area contributed by atoms with Crippen LogP contribution in [0.25, 0.3) is 55.6 Å². The Labute approximate surface area is 221 Å². The van der Waals surface area contributed by atoms with Crippen LogP contribution >= 0.6 is 0 Å². The molecule has 2 heteroatoms. The molecule has 0 amide bonds. The van der Waals surface area contributed by atoms with Crippen LogP contribution in [0.3, 0.4) is 0 Å². The predicted molar refractivity (Wildman–Crippen MR) is 154 cm³/mol. The highest BCUT2D eigenvalue weighted by molar-refractivity contribution is 5.98. The minimum atomic E-state index is -0.250. The quantitative estimate of drug-likeness (QED) is 0.224. The number of hydrogen-bond acceptors (Lipinski definition) is 0. The SMILES string of the molecule is Fc1ccc(-c2ccccc2-c2ccccc2-c2ccccc2-c2ccccc2-c2ccc(F)cc2)cc1. The normalized spacial score (nSPS) is 10.9. The molecular formula is C36H24F2. The molecule has 38 heavy (non-hydrogen) atoms. The van der Waals surface area contributed by atoms with Crippen LogP contribution in [0.4, 0.5) is 8.78 Å². The molecular weight excluding hydrogens is 470 g/mol. The molecule has 182 valence electrons. The van der Waals surface area contributed by atoms with Crippen molar-refractivity contribution in [2.45, 2.75) is 0 Å². The van der Waals surface area contributed by atoms with Gasteiger partial charge in [-0.25, -0.2) is 8.78 Å². The molecule has 0 saturated carbocycles. The number of benzene rings is 6. The summed E-state index contributed by atoms with van der Waals surface area (Å²) in [5.41, 5.74) is 10.6. The number of hydrogen-bond donors (Lipinski definition) is 0. The lowest BCUT2D eigenvalue weighted by atomic mass is 9.85. The van der Waals surface area contributed by atoms with E-state index in [0.717, 1.165) is 55.6 Å². The molecule has 0 saturated heterocycles. The van der Waals surface area contributed by atoms with Crippen molar-refractivity contribution in [1.29, 1.82) is 0 Å². The van der Waals surface area contributed by atoms with Gasteiger partial charge < -0.3 is 0 Å². The highest BCUT2D eigenvalue weighted by atomic mass is 19.1. The second-order valence-corrected chi connectivity index (χ2v) is 9.20. The summed E-state index contributed by atoms with van der Waals surface area (Å²) < 4.78 is 27.3. The summed E-state index contributed by atoms with van der Waals surface area (Å²) in [5, 5.41) is 0. The third-order valence-corrected chi connectivity index (χ3v) is 6.89. The van der Waals surface area contributed by atoms with Gasteiger partial charge >= 0.3 is 0 Å². The van der Waals surface area contributed by atoms with Gasteiger partial charge in [-0.3, -0.25) is 0 Å². The van der Waals surface area contributed by atoms with Gasteiger partial charge in [0, 0.05) is 0 Å². The Bertz CT molecular complexity index is 1580. The Morgan fingerprint density at radius 3 is 0.711 bits per heavy atom. The molecule has 0 aliphatic carbocycles. The summed E-state index contributed by atoms with van der Waals surface area (Å²) in [5.74, 6) is -0.499. The highest BCUT2D eigenvalue weighted by Crippen LogP contribution is 2.43. The Morgan fingerprint density at radius 2 is 0.447 bits per heavy atom. The molecule has 0 aliphatic heterocycles. The molecule has 0 nitrogen and oxygen atoms in total. The molecule has 6 aromatic rings. The van der Waals surface area contributed by atoms with Crippen molar-refractivity contribution in [3.05, 3.63) is 157 Å². The van der Waals surface area contributed by atoms with Gasteiger partial charge in [0.2, 0.25) is 0 Å². The largest absolute Gasteiger partial charge is 0.207 e. The van der Waals surface area contributed by atoms with Gasteiger partial charge in [-0.2, -0.15) is 0 Å². The van der Waals surface area contributed by atoms with Crippen molar-refractivity contribution in [2.75, 3.05) is 0 Å². The van der Waals surface area contributed by atoms with Crippen LogP contribution in [0.1, 0.15) is 0 Å². The maximum Gasteiger partial charge on any atom is 0.123 e. The van der Waals surface area contributed by atoms with E-state index in [1.54, 1.807) is 0 Å². The summed E-state index contributed by atoms with van der Waals surface area (Å²) in [7, 11) is 0. The van der Waals surface area contributed by atoms with Crippen LogP contribution in [0.2, 0.25) is 0 Å². The molecule has 0 radical (unpaired) electrons. The van der Waals surface area contributed by atoms with E-state index in [1.165, 1.54) is 24.3 Å². The van der Waals surface area contributed by atoms with Crippen LogP contribution < -0.4 is 0 Å². The van der Waals surface area contributed by atoms with E-state index in [-0.39, 0.29) is 11.6 Å². The van der Waals surface area contributed by atoms with Gasteiger partial charge in [0.15, 0.2) is 0 Å². The van der Waals surface area contributed by atoms with Crippen LogP contribution in [0.5, 0.6) is 0 Å². The van der Waals surface area contributed by atoms with E-state index >= 15 is 0 Å². The van der Waals surface area contributed by atoms with Gasteiger partial charge in [0.25, 0.3) is 0 Å². The van der Waals surface area contributed by atoms with Crippen molar-refractivity contribution >= 4 is 0 Å². The van der Waals surface area contributed by atoms with Crippen LogP contribution in [0.15, 0.2) is 146 Å². The van der Waals surface area contributed by atoms with Gasteiger partial charge in [-0.15, -0.1) is 0 Å². The summed E-state index contributed by atoms with van der Waals surface area (Å²) in [6.45, 7) is 0. The second-order valence-electron chi connectivity index (χ2n) is 9.20. The van der Waals surface area contributed by atoms with Crippen molar-refractivity contribution < 1.29 is 8.78 Å². The predicted octanol–water partition coefficient (Wildman–Crippen LogP) is 10.3. The first-order valence-electron chi connectivity index (χ1n) is 12.6. The summed E-state index contributed by atoms with van der Waals surface area (Å²) >= 11 is 0. The molecule has 0 N–H and O–H groups in total. The van der Waals surface area contributed by atoms with Crippen molar-refractivity contribution in [3.8, 4) is 55.6 Å². The molecule has 0 atom stereocenters. The third-order valence-electron chi connectivity index (χ3n) is 6.89. The first-order valence-corrected chi connectivity index (χ1v) is 12.6. The molecule has 6 aromatic carbocycles. The summed E-state index contributed by atoms with van der Waals surface area (Å²) in [6.07, 6.45) is 0. The zero-order chi connectivity index (χ0) is 25.9. The first kappa shape index (κ1) is 23.6. The Kier molecular flexibility index (Phi) is 6.37. The molecule has 0 aliphatic rings. The monoisotopic (exact) mass is 494 g/mol. The standard InChI is InChI=1S/C36H24F2/c37-27-21-17-25(18-22-27)29-9-1-3-11-31(29)33-13-5-7-15-35(33)36-16-8-6-14-34(36)32-12-4-2-10-30(32)26-19-23-28(38)24-20-26/h1-24H. The van der Waals surface area contributed by atoms with Gasteiger partial charge in [-0.1, -0.05) is 121 Å². The van der Waals surface area contributed by atoms with Crippen molar-refractivity contribution in [1.82, 2.24) is 0 Å². The van der Waals surface area contributed by atoms with Crippen molar-refractivity contribution in [2.24, 2.45) is 0 Å². The number of halogens is 2. The van der Waals surface area contributed by atoms with E-state index in [0.29, 0.717) is 0 Å². The van der Waals surface area contributed by atoms with Gasteiger partial charge in [-0.05, 0) is 79.9 Å². The van der Waals surface area contributed by atoms with E-state index in [1.807, 2.05) is 48.5 Å². The zero-order valence-corrected chi connectivity index (χ0v) is 20.6. The molecule has 0 unspecified atom stereocenters. The average Bonchev–Trinajstić information content (AvgIpc) is 2.98. The van der Waals surface area contributed by atoms with Gasteiger partial charge in [0.05, 0.1) is 0 Å². The summed E-state index contributed by atoms with van der Waals surface area (Å²) in [6, 6.07) is 46.6. The van der Waals surface area contributed by atoms with Crippen molar-refractivity contribution in [3.63, 3.8) is 0 Å². The fourth-order valence-corrected chi connectivity index (χ4v) is 5.10. The minimum absolute atomic E-state index is 0.250. The molecule has 0 heterocycles. The zero-order valence-electron chi connectivity index (χ0n) is 20.6. The molecule has 0 fully saturated rings. The van der Waals surface area contributed by atoms with E-state index in [9.17, 15) is 8.78 Å². The smallest absolute Gasteiger partial charge is 0.123 e. The average molecular weight is 495 g/mol. The molecule has 0 spiro atoms. The maximum atomic E-state index is 13.7. The lowest BCUT2D eigenvalue weighted by molar-refractivity contribution is 0.627. The van der Waals surface area contributed by atoms with E-state index in [4.69, 9.17) is 0 Å². The third kappa shape index (κ3) is 4.53. The van der Waals surface area contributed by atoms with E-state index < -0.39 is 0 Å². The Balaban J connectivity index is 1.54.